The van der Waals surface area contributed by atoms with E-state index in [1.807, 2.05) is 24.3 Å². The van der Waals surface area contributed by atoms with Crippen molar-refractivity contribution in [2.45, 2.75) is 13.3 Å². The molecule has 2 rings (SSSR count). The maximum absolute atomic E-state index is 11.6. The Bertz CT molecular complexity index is 737. The van der Waals surface area contributed by atoms with Gasteiger partial charge in [0.2, 0.25) is 5.91 Å². The van der Waals surface area contributed by atoms with Crippen LogP contribution < -0.4 is 5.43 Å². The average Bonchev–Trinajstić information content (AvgIpc) is 2.79. The smallest absolute Gasteiger partial charge is 0.254 e. The number of carbonyl (C=O) groups is 2. The predicted molar refractivity (Wildman–Crippen MR) is 74.2 cm³/mol. The third-order valence-electron chi connectivity index (χ3n) is 2.71. The number of aromatic nitrogens is 1. The third kappa shape index (κ3) is 2.72. The van der Waals surface area contributed by atoms with E-state index in [2.05, 4.69) is 10.5 Å². The Balaban J connectivity index is 2.31. The number of fused-ring (bicyclic) bond motifs is 1. The van der Waals surface area contributed by atoms with Gasteiger partial charge < -0.3 is 0 Å². The zero-order valence-corrected chi connectivity index (χ0v) is 10.8. The summed E-state index contributed by atoms with van der Waals surface area (Å²) in [7, 11) is 0. The molecule has 1 N–H and O–H groups in total. The molecule has 0 saturated heterocycles. The molecule has 0 saturated carbocycles. The maximum Gasteiger partial charge on any atom is 0.254 e. The van der Waals surface area contributed by atoms with E-state index in [0.717, 1.165) is 10.9 Å². The lowest BCUT2D eigenvalue weighted by molar-refractivity contribution is -0.120. The number of benzene rings is 1. The molecule has 0 aliphatic heterocycles. The highest BCUT2D eigenvalue weighted by atomic mass is 16.2. The second kappa shape index (κ2) is 5.80. The second-order valence-electron chi connectivity index (χ2n) is 4.12. The number of nitriles is 1. The lowest BCUT2D eigenvalue weighted by Gasteiger charge is -1.96. The first-order valence-corrected chi connectivity index (χ1v) is 5.93. The Labute approximate surface area is 115 Å². The van der Waals surface area contributed by atoms with Crippen LogP contribution in [0.2, 0.25) is 0 Å². The molecule has 1 aromatic carbocycles. The third-order valence-corrected chi connectivity index (χ3v) is 2.71. The van der Waals surface area contributed by atoms with E-state index in [0.29, 0.717) is 5.56 Å². The lowest BCUT2D eigenvalue weighted by atomic mass is 10.2. The Hall–Kier alpha value is -2.94. The van der Waals surface area contributed by atoms with Crippen LogP contribution in [0.1, 0.15) is 23.7 Å². The molecule has 0 atom stereocenters. The molecule has 6 nitrogen and oxygen atoms in total. The summed E-state index contributed by atoms with van der Waals surface area (Å²) in [4.78, 5) is 22.7. The van der Waals surface area contributed by atoms with Crippen molar-refractivity contribution in [3.8, 4) is 6.07 Å². The van der Waals surface area contributed by atoms with E-state index in [9.17, 15) is 9.59 Å². The van der Waals surface area contributed by atoms with E-state index in [-0.39, 0.29) is 12.3 Å². The van der Waals surface area contributed by atoms with Gasteiger partial charge in [0.1, 0.15) is 6.42 Å². The Morgan fingerprint density at radius 3 is 2.90 bits per heavy atom. The maximum atomic E-state index is 11.6. The molecular weight excluding hydrogens is 256 g/mol. The van der Waals surface area contributed by atoms with Crippen LogP contribution in [0.15, 0.2) is 35.6 Å². The van der Waals surface area contributed by atoms with Gasteiger partial charge in [0.05, 0.1) is 17.8 Å². The van der Waals surface area contributed by atoms with E-state index < -0.39 is 5.91 Å². The highest BCUT2D eigenvalue weighted by molar-refractivity contribution is 6.03. The fraction of sp³-hybridized carbons (Fsp3) is 0.143. The Kier molecular flexibility index (Phi) is 3.91. The van der Waals surface area contributed by atoms with Crippen molar-refractivity contribution in [3.05, 3.63) is 36.0 Å². The Morgan fingerprint density at radius 1 is 1.45 bits per heavy atom. The van der Waals surface area contributed by atoms with E-state index in [4.69, 9.17) is 5.26 Å². The average molecular weight is 268 g/mol. The molecule has 20 heavy (non-hydrogen) atoms. The van der Waals surface area contributed by atoms with Crippen LogP contribution in [0.5, 0.6) is 0 Å². The monoisotopic (exact) mass is 268 g/mol. The minimum atomic E-state index is -0.473. The highest BCUT2D eigenvalue weighted by Crippen LogP contribution is 2.19. The normalized spacial score (nSPS) is 10.6. The van der Waals surface area contributed by atoms with Gasteiger partial charge in [-0.25, -0.2) is 5.43 Å². The number of nitrogens with one attached hydrogen (secondary N) is 1. The van der Waals surface area contributed by atoms with Crippen molar-refractivity contribution in [1.29, 1.82) is 5.26 Å². The molecule has 1 amide bonds. The fourth-order valence-electron chi connectivity index (χ4n) is 1.85. The van der Waals surface area contributed by atoms with Crippen molar-refractivity contribution in [1.82, 2.24) is 9.99 Å². The molecule has 6 heteroatoms. The van der Waals surface area contributed by atoms with E-state index >= 15 is 0 Å². The quantitative estimate of drug-likeness (QED) is 0.678. The summed E-state index contributed by atoms with van der Waals surface area (Å²) in [5.41, 5.74) is 3.75. The summed E-state index contributed by atoms with van der Waals surface area (Å²) in [6.07, 6.45) is 2.87. The number of hydrogen-bond donors (Lipinski definition) is 1. The van der Waals surface area contributed by atoms with Crippen molar-refractivity contribution >= 4 is 28.9 Å². The van der Waals surface area contributed by atoms with E-state index in [1.165, 1.54) is 17.7 Å². The van der Waals surface area contributed by atoms with Crippen molar-refractivity contribution in [3.63, 3.8) is 0 Å². The van der Waals surface area contributed by atoms with Gasteiger partial charge in [-0.05, 0) is 6.07 Å². The summed E-state index contributed by atoms with van der Waals surface area (Å²) >= 11 is 0. The fourth-order valence-corrected chi connectivity index (χ4v) is 1.85. The number of nitrogens with zero attached hydrogens (tertiary/aromatic N) is 3. The number of amides is 1. The topological polar surface area (TPSA) is 87.2 Å². The predicted octanol–water partition coefficient (Wildman–Crippen LogP) is 1.67. The largest absolute Gasteiger partial charge is 0.287 e. The van der Waals surface area contributed by atoms with Crippen LogP contribution in [0.3, 0.4) is 0 Å². The van der Waals surface area contributed by atoms with Crippen LogP contribution in [-0.2, 0) is 4.79 Å². The summed E-state index contributed by atoms with van der Waals surface area (Å²) in [6, 6.07) is 9.14. The van der Waals surface area contributed by atoms with Crippen molar-refractivity contribution < 1.29 is 9.59 Å². The van der Waals surface area contributed by atoms with E-state index in [1.54, 1.807) is 12.3 Å². The Morgan fingerprint density at radius 2 is 2.20 bits per heavy atom. The number of carbonyl (C=O) groups excluding carboxylic acids is 2. The molecule has 0 aliphatic carbocycles. The minimum Gasteiger partial charge on any atom is -0.287 e. The van der Waals surface area contributed by atoms with Crippen LogP contribution >= 0.6 is 0 Å². The molecule has 0 spiro atoms. The molecule has 1 heterocycles. The highest BCUT2D eigenvalue weighted by Gasteiger charge is 2.08. The number of hydrogen-bond acceptors (Lipinski definition) is 4. The standard InChI is InChI=1S/C14H12N4O2/c1-10(19)18-9-11(8-16-17-14(20)6-7-15)12-4-2-3-5-13(12)18/h2-5,8-9H,6H2,1H3,(H,17,20). The van der Waals surface area contributed by atoms with Crippen LogP contribution in [0, 0.1) is 11.3 Å². The van der Waals surface area contributed by atoms with Gasteiger partial charge in [-0.1, -0.05) is 18.2 Å². The van der Waals surface area contributed by atoms with Crippen LogP contribution in [0.4, 0.5) is 0 Å². The zero-order valence-electron chi connectivity index (χ0n) is 10.8. The van der Waals surface area contributed by atoms with Crippen molar-refractivity contribution in [2.75, 3.05) is 0 Å². The molecule has 0 unspecified atom stereocenters. The number of rotatable bonds is 3. The first kappa shape index (κ1) is 13.5. The minimum absolute atomic E-state index is 0.102. The van der Waals surface area contributed by atoms with Gasteiger partial charge >= 0.3 is 0 Å². The summed E-state index contributed by atoms with van der Waals surface area (Å²) < 4.78 is 1.52. The summed E-state index contributed by atoms with van der Waals surface area (Å²) in [5.74, 6) is -0.576. The van der Waals surface area contributed by atoms with Gasteiger partial charge in [-0.3, -0.25) is 14.2 Å². The van der Waals surface area contributed by atoms with Gasteiger partial charge in [-0.15, -0.1) is 0 Å². The van der Waals surface area contributed by atoms with Crippen LogP contribution in [0.25, 0.3) is 10.9 Å². The van der Waals surface area contributed by atoms with Gasteiger partial charge in [-0.2, -0.15) is 10.4 Å². The molecule has 0 fully saturated rings. The molecule has 0 aliphatic rings. The zero-order chi connectivity index (χ0) is 14.5. The lowest BCUT2D eigenvalue weighted by Crippen LogP contribution is -2.16. The SMILES string of the molecule is CC(=O)n1cc(C=NNC(=O)CC#N)c2ccccc21. The summed E-state index contributed by atoms with van der Waals surface area (Å²) in [5, 5.41) is 13.0. The summed E-state index contributed by atoms with van der Waals surface area (Å²) in [6.45, 7) is 1.47. The molecule has 0 radical (unpaired) electrons. The molecule has 0 bridgehead atoms. The number of para-hydroxylation sites is 1. The van der Waals surface area contributed by atoms with Crippen LogP contribution in [-0.4, -0.2) is 22.6 Å². The molecule has 2 aromatic rings. The second-order valence-corrected chi connectivity index (χ2v) is 4.12. The van der Waals surface area contributed by atoms with Gasteiger partial charge in [0, 0.05) is 24.1 Å². The molecule has 100 valence electrons. The first-order valence-electron chi connectivity index (χ1n) is 5.93. The first-order chi connectivity index (χ1) is 9.63. The molecular formula is C14H12N4O2. The van der Waals surface area contributed by atoms with Gasteiger partial charge in [0.25, 0.3) is 5.91 Å². The van der Waals surface area contributed by atoms with Crippen molar-refractivity contribution in [2.24, 2.45) is 5.10 Å². The number of hydrazone groups is 1. The molecule has 1 aromatic heterocycles. The van der Waals surface area contributed by atoms with Gasteiger partial charge in [0.15, 0.2) is 0 Å².